The van der Waals surface area contributed by atoms with Gasteiger partial charge in [0.1, 0.15) is 5.82 Å². The Morgan fingerprint density at radius 1 is 1.00 bits per heavy atom. The van der Waals surface area contributed by atoms with Gasteiger partial charge in [-0.1, -0.05) is 35.5 Å². The number of carbonyl (C=O) groups excluding carboxylic acids is 1. The molecular formula is C21H16FN3O4. The molecule has 8 heteroatoms. The monoisotopic (exact) mass is 393 g/mol. The summed E-state index contributed by atoms with van der Waals surface area (Å²) in [6.07, 6.45) is 1.89. The molecular weight excluding hydrogens is 377 g/mol. The normalized spacial score (nSPS) is 10.8. The van der Waals surface area contributed by atoms with E-state index >= 15 is 0 Å². The van der Waals surface area contributed by atoms with Crippen LogP contribution in [0.25, 0.3) is 22.7 Å². The minimum atomic E-state index is -0.439. The van der Waals surface area contributed by atoms with Crippen molar-refractivity contribution in [3.05, 3.63) is 78.4 Å². The highest BCUT2D eigenvalue weighted by atomic mass is 19.1. The van der Waals surface area contributed by atoms with Crippen molar-refractivity contribution in [3.8, 4) is 22.7 Å². The summed E-state index contributed by atoms with van der Waals surface area (Å²) in [5.41, 5.74) is 1.52. The average Bonchev–Trinajstić information content (AvgIpc) is 3.42. The fraction of sp³-hybridized carbons (Fsp3) is 0.143. The number of oxazole rings is 1. The van der Waals surface area contributed by atoms with E-state index in [4.69, 9.17) is 13.7 Å². The molecule has 146 valence electrons. The van der Waals surface area contributed by atoms with E-state index in [0.29, 0.717) is 28.9 Å². The second kappa shape index (κ2) is 8.47. The van der Waals surface area contributed by atoms with Crippen molar-refractivity contribution in [2.45, 2.75) is 19.4 Å². The van der Waals surface area contributed by atoms with Gasteiger partial charge in [0.25, 0.3) is 0 Å². The number of hydrogen-bond acceptors (Lipinski definition) is 7. The quantitative estimate of drug-likeness (QED) is 0.434. The first kappa shape index (κ1) is 18.5. The maximum absolute atomic E-state index is 13.0. The van der Waals surface area contributed by atoms with Gasteiger partial charge >= 0.3 is 5.97 Å². The number of nitrogens with zero attached hydrogens (tertiary/aromatic N) is 3. The zero-order valence-electron chi connectivity index (χ0n) is 15.2. The van der Waals surface area contributed by atoms with Crippen molar-refractivity contribution in [2.75, 3.05) is 0 Å². The zero-order chi connectivity index (χ0) is 20.1. The van der Waals surface area contributed by atoms with Crippen LogP contribution in [0, 0.1) is 5.82 Å². The fourth-order valence-electron chi connectivity index (χ4n) is 2.61. The first-order valence-corrected chi connectivity index (χ1v) is 8.91. The molecule has 29 heavy (non-hydrogen) atoms. The highest BCUT2D eigenvalue weighted by molar-refractivity contribution is 5.69. The second-order valence-corrected chi connectivity index (χ2v) is 6.16. The summed E-state index contributed by atoms with van der Waals surface area (Å²) in [6, 6.07) is 15.3. The first-order chi connectivity index (χ1) is 14.2. The molecule has 4 rings (SSSR count). The molecule has 2 aromatic heterocycles. The van der Waals surface area contributed by atoms with Crippen LogP contribution in [0.4, 0.5) is 4.39 Å². The predicted octanol–water partition coefficient (Wildman–Crippen LogP) is 4.21. The highest BCUT2D eigenvalue weighted by Gasteiger charge is 2.13. The Bertz CT molecular complexity index is 1090. The van der Waals surface area contributed by atoms with Gasteiger partial charge in [0.15, 0.2) is 12.4 Å². The first-order valence-electron chi connectivity index (χ1n) is 8.91. The van der Waals surface area contributed by atoms with Gasteiger partial charge < -0.3 is 13.7 Å². The van der Waals surface area contributed by atoms with Crippen LogP contribution >= 0.6 is 0 Å². The van der Waals surface area contributed by atoms with Crippen LogP contribution in [0.3, 0.4) is 0 Å². The number of hydrogen-bond donors (Lipinski definition) is 0. The van der Waals surface area contributed by atoms with Crippen LogP contribution in [-0.2, 0) is 22.6 Å². The van der Waals surface area contributed by atoms with Crippen LogP contribution in [-0.4, -0.2) is 21.1 Å². The molecule has 0 aliphatic carbocycles. The number of ether oxygens (including phenoxy) is 1. The maximum atomic E-state index is 13.0. The lowest BCUT2D eigenvalue weighted by atomic mass is 10.2. The Balaban J connectivity index is 1.27. The predicted molar refractivity (Wildman–Crippen MR) is 99.7 cm³/mol. The number of esters is 1. The Morgan fingerprint density at radius 2 is 1.79 bits per heavy atom. The smallest absolute Gasteiger partial charge is 0.306 e. The van der Waals surface area contributed by atoms with Gasteiger partial charge in [-0.25, -0.2) is 9.37 Å². The van der Waals surface area contributed by atoms with E-state index in [2.05, 4.69) is 15.1 Å². The Kier molecular flexibility index (Phi) is 5.42. The Hall–Kier alpha value is -3.81. The van der Waals surface area contributed by atoms with E-state index in [1.165, 1.54) is 12.1 Å². The molecule has 0 unspecified atom stereocenters. The largest absolute Gasteiger partial charge is 0.456 e. The van der Waals surface area contributed by atoms with E-state index in [1.807, 2.05) is 30.3 Å². The summed E-state index contributed by atoms with van der Waals surface area (Å²) < 4.78 is 28.9. The van der Waals surface area contributed by atoms with Gasteiger partial charge in [0.05, 0.1) is 12.6 Å². The van der Waals surface area contributed by atoms with Gasteiger partial charge in [-0.2, -0.15) is 4.98 Å². The van der Waals surface area contributed by atoms with Gasteiger partial charge in [0, 0.05) is 17.5 Å². The van der Waals surface area contributed by atoms with Crippen LogP contribution < -0.4 is 0 Å². The summed E-state index contributed by atoms with van der Waals surface area (Å²) in [7, 11) is 0. The summed E-state index contributed by atoms with van der Waals surface area (Å²) in [5.74, 6) is 0.767. The van der Waals surface area contributed by atoms with Crippen molar-refractivity contribution < 1.29 is 22.9 Å². The van der Waals surface area contributed by atoms with E-state index in [0.717, 1.165) is 5.56 Å². The summed E-state index contributed by atoms with van der Waals surface area (Å²) in [5, 5.41) is 3.83. The van der Waals surface area contributed by atoms with Crippen LogP contribution in [0.1, 0.15) is 18.2 Å². The number of benzene rings is 2. The molecule has 0 radical (unpaired) electrons. The molecule has 7 nitrogen and oxygen atoms in total. The third-order valence-corrected chi connectivity index (χ3v) is 4.08. The third kappa shape index (κ3) is 4.73. The number of aromatic nitrogens is 3. The highest BCUT2D eigenvalue weighted by Crippen LogP contribution is 2.20. The SMILES string of the molecule is O=C(CCc1nc(-c2ccc(F)cc2)no1)OCc1ncc(-c2ccccc2)o1. The third-order valence-electron chi connectivity index (χ3n) is 4.08. The van der Waals surface area contributed by atoms with Crippen molar-refractivity contribution in [1.82, 2.24) is 15.1 Å². The molecule has 0 fully saturated rings. The van der Waals surface area contributed by atoms with Crippen molar-refractivity contribution in [3.63, 3.8) is 0 Å². The van der Waals surface area contributed by atoms with Crippen LogP contribution in [0.2, 0.25) is 0 Å². The zero-order valence-corrected chi connectivity index (χ0v) is 15.2. The molecule has 0 aliphatic rings. The molecule has 2 heterocycles. The molecule has 0 aliphatic heterocycles. The molecule has 0 bridgehead atoms. The molecule has 2 aromatic carbocycles. The van der Waals surface area contributed by atoms with Gasteiger partial charge in [-0.15, -0.1) is 0 Å². The van der Waals surface area contributed by atoms with E-state index in [-0.39, 0.29) is 25.3 Å². The molecule has 0 saturated carbocycles. The lowest BCUT2D eigenvalue weighted by Crippen LogP contribution is -2.06. The topological polar surface area (TPSA) is 91.2 Å². The average molecular weight is 393 g/mol. The molecule has 0 atom stereocenters. The number of aryl methyl sites for hydroxylation is 1. The molecule has 4 aromatic rings. The van der Waals surface area contributed by atoms with Crippen molar-refractivity contribution in [1.29, 1.82) is 0 Å². The van der Waals surface area contributed by atoms with Gasteiger partial charge in [0.2, 0.25) is 17.6 Å². The number of halogens is 1. The Labute approximate surface area is 165 Å². The standard InChI is InChI=1S/C21H16FN3O4/c22-16-8-6-15(7-9-16)21-24-18(29-25-21)10-11-20(26)27-13-19-23-12-17(28-19)14-4-2-1-3-5-14/h1-9,12H,10-11,13H2. The minimum absolute atomic E-state index is 0.0592. The van der Waals surface area contributed by atoms with Gasteiger partial charge in [-0.3, -0.25) is 4.79 Å². The minimum Gasteiger partial charge on any atom is -0.456 e. The van der Waals surface area contributed by atoms with Gasteiger partial charge in [-0.05, 0) is 24.3 Å². The second-order valence-electron chi connectivity index (χ2n) is 6.16. The summed E-state index contributed by atoms with van der Waals surface area (Å²) >= 11 is 0. The lowest BCUT2D eigenvalue weighted by Gasteiger charge is -2.00. The van der Waals surface area contributed by atoms with Crippen molar-refractivity contribution in [2.24, 2.45) is 0 Å². The van der Waals surface area contributed by atoms with E-state index in [9.17, 15) is 9.18 Å². The molecule has 0 N–H and O–H groups in total. The summed E-state index contributed by atoms with van der Waals surface area (Å²) in [4.78, 5) is 20.3. The molecule has 0 spiro atoms. The number of rotatable bonds is 7. The molecule has 0 saturated heterocycles. The van der Waals surface area contributed by atoms with E-state index in [1.54, 1.807) is 18.3 Å². The van der Waals surface area contributed by atoms with Crippen LogP contribution in [0.15, 0.2) is 69.7 Å². The van der Waals surface area contributed by atoms with Crippen LogP contribution in [0.5, 0.6) is 0 Å². The van der Waals surface area contributed by atoms with Crippen molar-refractivity contribution >= 4 is 5.97 Å². The summed E-state index contributed by atoms with van der Waals surface area (Å²) in [6.45, 7) is -0.0592. The fourth-order valence-corrected chi connectivity index (χ4v) is 2.61. The van der Waals surface area contributed by atoms with E-state index < -0.39 is 5.97 Å². The Morgan fingerprint density at radius 3 is 2.59 bits per heavy atom. The lowest BCUT2D eigenvalue weighted by molar-refractivity contribution is -0.145. The number of carbonyl (C=O) groups is 1. The molecule has 0 amide bonds. The maximum Gasteiger partial charge on any atom is 0.306 e.